The summed E-state index contributed by atoms with van der Waals surface area (Å²) in [5.41, 5.74) is 6.25. The molecule has 0 bridgehead atoms. The van der Waals surface area contributed by atoms with E-state index >= 15 is 0 Å². The highest BCUT2D eigenvalue weighted by molar-refractivity contribution is 9.10. The Bertz CT molecular complexity index is 661. The topological polar surface area (TPSA) is 61.5 Å². The lowest BCUT2D eigenvalue weighted by atomic mass is 10.2. The summed E-state index contributed by atoms with van der Waals surface area (Å²) < 4.78 is 23.7. The van der Waals surface area contributed by atoms with Crippen LogP contribution in [0.2, 0.25) is 0 Å². The van der Waals surface area contributed by atoms with Crippen LogP contribution in [-0.2, 0) is 4.74 Å². The Balaban J connectivity index is 2.40. The highest BCUT2D eigenvalue weighted by atomic mass is 79.9. The third kappa shape index (κ3) is 3.08. The van der Waals surface area contributed by atoms with Crippen LogP contribution in [0.15, 0.2) is 40.9 Å². The van der Waals surface area contributed by atoms with Gasteiger partial charge in [0.25, 0.3) is 0 Å². The van der Waals surface area contributed by atoms with Gasteiger partial charge in [0.15, 0.2) is 0 Å². The minimum absolute atomic E-state index is 0.198. The van der Waals surface area contributed by atoms with E-state index in [1.54, 1.807) is 12.1 Å². The summed E-state index contributed by atoms with van der Waals surface area (Å²) in [6, 6.07) is 8.59. The molecule has 2 rings (SSSR count). The predicted octanol–water partition coefficient (Wildman–Crippen LogP) is 3.75. The number of esters is 1. The first-order chi connectivity index (χ1) is 9.51. The number of methoxy groups -OCH3 is 1. The zero-order chi connectivity index (χ0) is 14.7. The van der Waals surface area contributed by atoms with Gasteiger partial charge in [-0.2, -0.15) is 0 Å². The van der Waals surface area contributed by atoms with Gasteiger partial charge >= 0.3 is 5.97 Å². The lowest BCUT2D eigenvalue weighted by Crippen LogP contribution is -2.05. The molecule has 0 spiro atoms. The average molecular weight is 340 g/mol. The Morgan fingerprint density at radius 3 is 2.55 bits per heavy atom. The van der Waals surface area contributed by atoms with Crippen molar-refractivity contribution in [3.8, 4) is 11.5 Å². The second kappa shape index (κ2) is 5.92. The predicted molar refractivity (Wildman–Crippen MR) is 76.4 cm³/mol. The molecule has 0 heterocycles. The molecule has 0 amide bonds. The van der Waals surface area contributed by atoms with Crippen molar-refractivity contribution in [1.29, 1.82) is 0 Å². The number of anilines is 1. The minimum atomic E-state index is -0.564. The lowest BCUT2D eigenvalue weighted by Gasteiger charge is -2.11. The molecule has 0 aromatic heterocycles. The average Bonchev–Trinajstić information content (AvgIpc) is 2.42. The number of rotatable bonds is 3. The van der Waals surface area contributed by atoms with Crippen LogP contribution >= 0.6 is 15.9 Å². The SMILES string of the molecule is COC(=O)c1cc(N)ccc1Oc1ccc(F)cc1Br. The summed E-state index contributed by atoms with van der Waals surface area (Å²) in [6.45, 7) is 0. The monoisotopic (exact) mass is 339 g/mol. The number of nitrogens with two attached hydrogens (primary N) is 1. The van der Waals surface area contributed by atoms with E-state index in [9.17, 15) is 9.18 Å². The molecular formula is C14H11BrFNO3. The molecule has 0 saturated carbocycles. The van der Waals surface area contributed by atoms with E-state index in [-0.39, 0.29) is 11.3 Å². The van der Waals surface area contributed by atoms with Gasteiger partial charge in [0, 0.05) is 5.69 Å². The fourth-order valence-electron chi connectivity index (χ4n) is 1.58. The van der Waals surface area contributed by atoms with Crippen LogP contribution in [0.3, 0.4) is 0 Å². The lowest BCUT2D eigenvalue weighted by molar-refractivity contribution is 0.0598. The molecule has 2 aromatic rings. The summed E-state index contributed by atoms with van der Waals surface area (Å²) in [4.78, 5) is 11.7. The van der Waals surface area contributed by atoms with E-state index in [4.69, 9.17) is 10.5 Å². The number of benzene rings is 2. The zero-order valence-corrected chi connectivity index (χ0v) is 12.1. The quantitative estimate of drug-likeness (QED) is 0.683. The first-order valence-electron chi connectivity index (χ1n) is 5.62. The standard InChI is InChI=1S/C14H11BrFNO3/c1-19-14(18)10-7-9(17)3-5-12(10)20-13-4-2-8(16)6-11(13)15/h2-7H,17H2,1H3. The van der Waals surface area contributed by atoms with Crippen LogP contribution in [0.5, 0.6) is 11.5 Å². The normalized spacial score (nSPS) is 10.2. The first kappa shape index (κ1) is 14.3. The van der Waals surface area contributed by atoms with E-state index in [2.05, 4.69) is 20.7 Å². The van der Waals surface area contributed by atoms with Crippen LogP contribution < -0.4 is 10.5 Å². The molecule has 0 aliphatic rings. The Hall–Kier alpha value is -2.08. The van der Waals surface area contributed by atoms with Gasteiger partial charge < -0.3 is 15.2 Å². The molecule has 2 aromatic carbocycles. The van der Waals surface area contributed by atoms with Crippen molar-refractivity contribution in [1.82, 2.24) is 0 Å². The largest absolute Gasteiger partial charge is 0.465 e. The molecule has 0 aliphatic carbocycles. The maximum atomic E-state index is 13.0. The molecule has 0 unspecified atom stereocenters. The van der Waals surface area contributed by atoms with Crippen molar-refractivity contribution in [2.45, 2.75) is 0 Å². The summed E-state index contributed by atoms with van der Waals surface area (Å²) >= 11 is 3.19. The van der Waals surface area contributed by atoms with Crippen LogP contribution in [0.4, 0.5) is 10.1 Å². The molecule has 2 N–H and O–H groups in total. The highest BCUT2D eigenvalue weighted by Crippen LogP contribution is 2.33. The minimum Gasteiger partial charge on any atom is -0.465 e. The summed E-state index contributed by atoms with van der Waals surface area (Å²) in [5.74, 6) is -0.306. The van der Waals surface area contributed by atoms with E-state index in [0.717, 1.165) is 0 Å². The zero-order valence-electron chi connectivity index (χ0n) is 10.5. The summed E-state index contributed by atoms with van der Waals surface area (Å²) in [7, 11) is 1.27. The molecule has 0 atom stereocenters. The smallest absolute Gasteiger partial charge is 0.341 e. The Labute approximate surface area is 123 Å². The third-order valence-electron chi connectivity index (χ3n) is 2.52. The summed E-state index contributed by atoms with van der Waals surface area (Å²) in [6.07, 6.45) is 0. The van der Waals surface area contributed by atoms with Crippen molar-refractivity contribution in [2.75, 3.05) is 12.8 Å². The van der Waals surface area contributed by atoms with Gasteiger partial charge in [-0.15, -0.1) is 0 Å². The van der Waals surface area contributed by atoms with Gasteiger partial charge in [0.2, 0.25) is 0 Å². The number of halogens is 2. The van der Waals surface area contributed by atoms with Gasteiger partial charge in [-0.25, -0.2) is 9.18 Å². The van der Waals surface area contributed by atoms with Crippen LogP contribution in [0.1, 0.15) is 10.4 Å². The van der Waals surface area contributed by atoms with E-state index in [1.807, 2.05) is 0 Å². The number of carbonyl (C=O) groups excluding carboxylic acids is 1. The maximum absolute atomic E-state index is 13.0. The highest BCUT2D eigenvalue weighted by Gasteiger charge is 2.15. The second-order valence-electron chi connectivity index (χ2n) is 3.92. The number of nitrogen functional groups attached to an aromatic ring is 1. The van der Waals surface area contributed by atoms with Crippen LogP contribution in [0.25, 0.3) is 0 Å². The molecular weight excluding hydrogens is 329 g/mol. The van der Waals surface area contributed by atoms with Gasteiger partial charge in [-0.1, -0.05) is 0 Å². The van der Waals surface area contributed by atoms with Gasteiger partial charge in [0.05, 0.1) is 11.6 Å². The third-order valence-corrected chi connectivity index (χ3v) is 3.14. The van der Waals surface area contributed by atoms with E-state index < -0.39 is 11.8 Å². The molecule has 104 valence electrons. The molecule has 6 heteroatoms. The number of carbonyl (C=O) groups is 1. The van der Waals surface area contributed by atoms with E-state index in [1.165, 1.54) is 31.4 Å². The van der Waals surface area contributed by atoms with Crippen LogP contribution in [0, 0.1) is 5.82 Å². The Morgan fingerprint density at radius 1 is 1.20 bits per heavy atom. The summed E-state index contributed by atoms with van der Waals surface area (Å²) in [5, 5.41) is 0. The molecule has 4 nitrogen and oxygen atoms in total. The Kier molecular flexibility index (Phi) is 4.24. The maximum Gasteiger partial charge on any atom is 0.341 e. The molecule has 0 radical (unpaired) electrons. The number of ether oxygens (including phenoxy) is 2. The number of hydrogen-bond donors (Lipinski definition) is 1. The first-order valence-corrected chi connectivity index (χ1v) is 6.41. The fraction of sp³-hybridized carbons (Fsp3) is 0.0714. The Morgan fingerprint density at radius 2 is 1.90 bits per heavy atom. The second-order valence-corrected chi connectivity index (χ2v) is 4.78. The number of hydrogen-bond acceptors (Lipinski definition) is 4. The molecule has 0 aliphatic heterocycles. The molecule has 0 fully saturated rings. The van der Waals surface area contributed by atoms with Crippen molar-refractivity contribution in [2.24, 2.45) is 0 Å². The van der Waals surface area contributed by atoms with Crippen LogP contribution in [-0.4, -0.2) is 13.1 Å². The van der Waals surface area contributed by atoms with Crippen molar-refractivity contribution < 1.29 is 18.7 Å². The van der Waals surface area contributed by atoms with Gasteiger partial charge in [0.1, 0.15) is 22.9 Å². The van der Waals surface area contributed by atoms with Gasteiger partial charge in [-0.05, 0) is 52.3 Å². The van der Waals surface area contributed by atoms with E-state index in [0.29, 0.717) is 15.9 Å². The van der Waals surface area contributed by atoms with Crippen molar-refractivity contribution in [3.05, 3.63) is 52.3 Å². The van der Waals surface area contributed by atoms with Gasteiger partial charge in [-0.3, -0.25) is 0 Å². The molecule has 20 heavy (non-hydrogen) atoms. The molecule has 0 saturated heterocycles. The van der Waals surface area contributed by atoms with Crippen molar-refractivity contribution in [3.63, 3.8) is 0 Å². The van der Waals surface area contributed by atoms with Crippen molar-refractivity contribution >= 4 is 27.6 Å². The fourth-order valence-corrected chi connectivity index (χ4v) is 2.01.